The molecule has 0 unspecified atom stereocenters. The molecule has 4 saturated carbocycles. The van der Waals surface area contributed by atoms with E-state index in [4.69, 9.17) is 0 Å². The number of fused-ring (bicyclic) bond motifs is 1. The molecule has 1 aromatic carbocycles. The van der Waals surface area contributed by atoms with Crippen LogP contribution in [0, 0.1) is 17.8 Å². The summed E-state index contributed by atoms with van der Waals surface area (Å²) in [7, 11) is 0. The minimum absolute atomic E-state index is 0.0994. The lowest BCUT2D eigenvalue weighted by molar-refractivity contribution is -0.127. The van der Waals surface area contributed by atoms with Crippen LogP contribution in [0.3, 0.4) is 0 Å². The van der Waals surface area contributed by atoms with E-state index < -0.39 is 0 Å². The molecule has 6 rings (SSSR count). The smallest absolute Gasteiger partial charge is 0.240 e. The number of para-hydroxylation sites is 2. The number of carbonyl (C=O) groups excluding carboxylic acids is 1. The van der Waals surface area contributed by atoms with Crippen LogP contribution < -0.4 is 5.32 Å². The Morgan fingerprint density at radius 2 is 1.78 bits per heavy atom. The summed E-state index contributed by atoms with van der Waals surface area (Å²) in [6, 6.07) is 8.00. The Bertz CT molecular complexity index is 728. The molecule has 23 heavy (non-hydrogen) atoms. The molecule has 0 atom stereocenters. The highest BCUT2D eigenvalue weighted by atomic mass is 16.2. The summed E-state index contributed by atoms with van der Waals surface area (Å²) in [6.07, 6.45) is 9.61. The van der Waals surface area contributed by atoms with Crippen molar-refractivity contribution in [1.29, 1.82) is 0 Å². The van der Waals surface area contributed by atoms with Crippen LogP contribution in [-0.4, -0.2) is 21.0 Å². The second kappa shape index (κ2) is 4.83. The molecule has 4 bridgehead atoms. The fourth-order valence-electron chi connectivity index (χ4n) is 5.89. The SMILES string of the molecule is O=C(Cn1cnc2ccccc21)NC12CC3CC(CC(C3)C1)C2. The van der Waals surface area contributed by atoms with Crippen LogP contribution in [0.2, 0.25) is 0 Å². The van der Waals surface area contributed by atoms with Gasteiger partial charge in [-0.3, -0.25) is 4.79 Å². The first-order valence-electron chi connectivity index (χ1n) is 8.90. The third-order valence-corrected chi connectivity index (χ3v) is 6.28. The van der Waals surface area contributed by atoms with Gasteiger partial charge in [0.25, 0.3) is 0 Å². The first-order valence-corrected chi connectivity index (χ1v) is 8.90. The highest BCUT2D eigenvalue weighted by Crippen LogP contribution is 2.55. The van der Waals surface area contributed by atoms with Crippen molar-refractivity contribution < 1.29 is 4.79 Å². The van der Waals surface area contributed by atoms with E-state index in [1.165, 1.54) is 38.5 Å². The average molecular weight is 309 g/mol. The first kappa shape index (κ1) is 13.6. The molecule has 0 aliphatic heterocycles. The predicted molar refractivity (Wildman–Crippen MR) is 88.8 cm³/mol. The van der Waals surface area contributed by atoms with Crippen LogP contribution in [0.15, 0.2) is 30.6 Å². The third-order valence-electron chi connectivity index (χ3n) is 6.28. The Labute approximate surface area is 136 Å². The first-order chi connectivity index (χ1) is 11.2. The largest absolute Gasteiger partial charge is 0.349 e. The van der Waals surface area contributed by atoms with Gasteiger partial charge in [-0.05, 0) is 68.4 Å². The zero-order valence-electron chi connectivity index (χ0n) is 13.4. The maximum atomic E-state index is 12.7. The topological polar surface area (TPSA) is 46.9 Å². The van der Waals surface area contributed by atoms with Crippen molar-refractivity contribution in [2.75, 3.05) is 0 Å². The van der Waals surface area contributed by atoms with E-state index in [1.54, 1.807) is 6.33 Å². The number of benzene rings is 1. The van der Waals surface area contributed by atoms with E-state index in [-0.39, 0.29) is 11.4 Å². The Morgan fingerprint density at radius 3 is 2.48 bits per heavy atom. The molecule has 0 radical (unpaired) electrons. The van der Waals surface area contributed by atoms with Gasteiger partial charge in [0.1, 0.15) is 6.54 Å². The van der Waals surface area contributed by atoms with Crippen molar-refractivity contribution in [2.24, 2.45) is 17.8 Å². The summed E-state index contributed by atoms with van der Waals surface area (Å²) in [5.74, 6) is 2.72. The molecule has 4 heteroatoms. The molecule has 1 heterocycles. The zero-order chi connectivity index (χ0) is 15.4. The van der Waals surface area contributed by atoms with Gasteiger partial charge in [-0.2, -0.15) is 0 Å². The Kier molecular flexibility index (Phi) is 2.85. The van der Waals surface area contributed by atoms with E-state index in [0.717, 1.165) is 28.8 Å². The van der Waals surface area contributed by atoms with Gasteiger partial charge in [-0.25, -0.2) is 4.98 Å². The van der Waals surface area contributed by atoms with Crippen molar-refractivity contribution in [2.45, 2.75) is 50.6 Å². The van der Waals surface area contributed by atoms with E-state index in [9.17, 15) is 4.79 Å². The maximum absolute atomic E-state index is 12.7. The third kappa shape index (κ3) is 2.27. The van der Waals surface area contributed by atoms with Crippen LogP contribution >= 0.6 is 0 Å². The molecular formula is C19H23N3O. The monoisotopic (exact) mass is 309 g/mol. The lowest BCUT2D eigenvalue weighted by Crippen LogP contribution is -2.60. The van der Waals surface area contributed by atoms with Crippen molar-refractivity contribution in [3.8, 4) is 0 Å². The van der Waals surface area contributed by atoms with Crippen LogP contribution in [-0.2, 0) is 11.3 Å². The van der Waals surface area contributed by atoms with Crippen LogP contribution in [0.1, 0.15) is 38.5 Å². The van der Waals surface area contributed by atoms with E-state index in [2.05, 4.69) is 10.3 Å². The van der Waals surface area contributed by atoms with E-state index in [0.29, 0.717) is 6.54 Å². The van der Waals surface area contributed by atoms with Crippen LogP contribution in [0.25, 0.3) is 11.0 Å². The number of imidazole rings is 1. The number of hydrogen-bond acceptors (Lipinski definition) is 2. The van der Waals surface area contributed by atoms with Gasteiger partial charge in [0.05, 0.1) is 17.4 Å². The minimum Gasteiger partial charge on any atom is -0.349 e. The van der Waals surface area contributed by atoms with Crippen molar-refractivity contribution in [1.82, 2.24) is 14.9 Å². The number of carbonyl (C=O) groups is 1. The number of aromatic nitrogens is 2. The molecule has 1 aromatic heterocycles. The Hall–Kier alpha value is -1.84. The lowest BCUT2D eigenvalue weighted by Gasteiger charge is -2.56. The molecule has 120 valence electrons. The van der Waals surface area contributed by atoms with Gasteiger partial charge >= 0.3 is 0 Å². The standard InChI is InChI=1S/C19H23N3O/c23-18(11-22-12-20-16-3-1-2-4-17(16)22)21-19-8-13-5-14(9-19)7-15(6-13)10-19/h1-4,12-15H,5-11H2,(H,21,23). The highest BCUT2D eigenvalue weighted by Gasteiger charge is 2.51. The van der Waals surface area contributed by atoms with Gasteiger partial charge in [0.15, 0.2) is 0 Å². The predicted octanol–water partition coefficient (Wildman–Crippen LogP) is 3.12. The van der Waals surface area contributed by atoms with E-state index in [1.807, 2.05) is 28.8 Å². The molecule has 2 aromatic rings. The molecule has 4 nitrogen and oxygen atoms in total. The average Bonchev–Trinajstić information content (AvgIpc) is 2.88. The molecule has 0 saturated heterocycles. The van der Waals surface area contributed by atoms with Gasteiger partial charge in [-0.1, -0.05) is 12.1 Å². The normalized spacial score (nSPS) is 34.9. The summed E-state index contributed by atoms with van der Waals surface area (Å²) in [5.41, 5.74) is 2.09. The molecule has 1 N–H and O–H groups in total. The lowest BCUT2D eigenvalue weighted by atomic mass is 9.53. The fraction of sp³-hybridized carbons (Fsp3) is 0.579. The second-order valence-corrected chi connectivity index (χ2v) is 8.11. The number of nitrogens with zero attached hydrogens (tertiary/aromatic N) is 2. The van der Waals surface area contributed by atoms with Gasteiger partial charge in [-0.15, -0.1) is 0 Å². The number of amides is 1. The van der Waals surface area contributed by atoms with Gasteiger partial charge in [0.2, 0.25) is 5.91 Å². The summed E-state index contributed by atoms with van der Waals surface area (Å²) >= 11 is 0. The number of rotatable bonds is 3. The van der Waals surface area contributed by atoms with E-state index >= 15 is 0 Å². The van der Waals surface area contributed by atoms with Crippen molar-refractivity contribution in [3.63, 3.8) is 0 Å². The summed E-state index contributed by atoms with van der Waals surface area (Å²) < 4.78 is 1.96. The van der Waals surface area contributed by atoms with Crippen molar-refractivity contribution >= 4 is 16.9 Å². The van der Waals surface area contributed by atoms with Crippen LogP contribution in [0.4, 0.5) is 0 Å². The molecule has 0 spiro atoms. The minimum atomic E-state index is 0.0994. The number of nitrogens with one attached hydrogen (secondary N) is 1. The Morgan fingerprint density at radius 1 is 1.13 bits per heavy atom. The van der Waals surface area contributed by atoms with Crippen molar-refractivity contribution in [3.05, 3.63) is 30.6 Å². The molecule has 4 fully saturated rings. The molecular weight excluding hydrogens is 286 g/mol. The van der Waals surface area contributed by atoms with Crippen LogP contribution in [0.5, 0.6) is 0 Å². The molecule has 4 aliphatic carbocycles. The summed E-state index contributed by atoms with van der Waals surface area (Å²) in [5, 5.41) is 3.44. The second-order valence-electron chi connectivity index (χ2n) is 8.11. The zero-order valence-corrected chi connectivity index (χ0v) is 13.4. The number of hydrogen-bond donors (Lipinski definition) is 1. The Balaban J connectivity index is 1.34. The highest BCUT2D eigenvalue weighted by molar-refractivity contribution is 5.81. The quantitative estimate of drug-likeness (QED) is 0.947. The molecule has 1 amide bonds. The van der Waals surface area contributed by atoms with Gasteiger partial charge in [0, 0.05) is 5.54 Å². The van der Waals surface area contributed by atoms with Gasteiger partial charge < -0.3 is 9.88 Å². The summed E-state index contributed by atoms with van der Waals surface area (Å²) in [4.78, 5) is 17.1. The maximum Gasteiger partial charge on any atom is 0.240 e. The molecule has 4 aliphatic rings. The fourth-order valence-corrected chi connectivity index (χ4v) is 5.89. The summed E-state index contributed by atoms with van der Waals surface area (Å²) in [6.45, 7) is 0.377.